The molecule has 0 spiro atoms. The Bertz CT molecular complexity index is 454. The summed E-state index contributed by atoms with van der Waals surface area (Å²) in [5.74, 6) is 2.87. The highest BCUT2D eigenvalue weighted by molar-refractivity contribution is 5.39. The first-order valence-electron chi connectivity index (χ1n) is 8.66. The SMILES string of the molecule is CC(C)C1CCCN(c2cccc(CNC3CC3)n2)CC1. The van der Waals surface area contributed by atoms with E-state index in [1.807, 2.05) is 0 Å². The minimum atomic E-state index is 0.750. The summed E-state index contributed by atoms with van der Waals surface area (Å²) in [7, 11) is 0. The fraction of sp³-hybridized carbons (Fsp3) is 0.722. The van der Waals surface area contributed by atoms with E-state index in [0.29, 0.717) is 0 Å². The molecule has 3 heteroatoms. The van der Waals surface area contributed by atoms with E-state index in [9.17, 15) is 0 Å². The molecular formula is C18H29N3. The van der Waals surface area contributed by atoms with Gasteiger partial charge in [0.1, 0.15) is 5.82 Å². The van der Waals surface area contributed by atoms with Crippen molar-refractivity contribution in [1.82, 2.24) is 10.3 Å². The lowest BCUT2D eigenvalue weighted by Gasteiger charge is -2.23. The van der Waals surface area contributed by atoms with Gasteiger partial charge in [0.2, 0.25) is 0 Å². The Morgan fingerprint density at radius 2 is 2.05 bits per heavy atom. The lowest BCUT2D eigenvalue weighted by Crippen LogP contribution is -2.26. The molecule has 1 unspecified atom stereocenters. The summed E-state index contributed by atoms with van der Waals surface area (Å²) in [4.78, 5) is 7.36. The zero-order chi connectivity index (χ0) is 14.7. The first-order chi connectivity index (χ1) is 10.2. The molecule has 1 N–H and O–H groups in total. The second-order valence-electron chi connectivity index (χ2n) is 7.06. The van der Waals surface area contributed by atoms with E-state index in [1.165, 1.54) is 43.6 Å². The van der Waals surface area contributed by atoms with E-state index in [2.05, 4.69) is 42.3 Å². The third-order valence-electron chi connectivity index (χ3n) is 4.98. The molecule has 0 aromatic carbocycles. The van der Waals surface area contributed by atoms with Gasteiger partial charge in [0.05, 0.1) is 5.69 Å². The third-order valence-corrected chi connectivity index (χ3v) is 4.98. The molecule has 1 aromatic heterocycles. The zero-order valence-corrected chi connectivity index (χ0v) is 13.5. The summed E-state index contributed by atoms with van der Waals surface area (Å²) in [5, 5.41) is 3.56. The van der Waals surface area contributed by atoms with Crippen LogP contribution in [0.3, 0.4) is 0 Å². The van der Waals surface area contributed by atoms with Gasteiger partial charge in [0, 0.05) is 25.7 Å². The van der Waals surface area contributed by atoms with Gasteiger partial charge in [-0.25, -0.2) is 4.98 Å². The molecule has 1 aliphatic carbocycles. The predicted octanol–water partition coefficient (Wildman–Crippen LogP) is 3.60. The van der Waals surface area contributed by atoms with E-state index < -0.39 is 0 Å². The summed E-state index contributed by atoms with van der Waals surface area (Å²) >= 11 is 0. The van der Waals surface area contributed by atoms with E-state index in [4.69, 9.17) is 4.98 Å². The molecular weight excluding hydrogens is 258 g/mol. The van der Waals surface area contributed by atoms with Gasteiger partial charge in [-0.3, -0.25) is 0 Å². The van der Waals surface area contributed by atoms with Gasteiger partial charge in [-0.1, -0.05) is 19.9 Å². The normalized spacial score (nSPS) is 23.4. The number of pyridine rings is 1. The van der Waals surface area contributed by atoms with Crippen LogP contribution in [0.5, 0.6) is 0 Å². The molecule has 21 heavy (non-hydrogen) atoms. The Morgan fingerprint density at radius 3 is 2.81 bits per heavy atom. The number of nitrogens with zero attached hydrogens (tertiary/aromatic N) is 2. The maximum Gasteiger partial charge on any atom is 0.128 e. The number of hydrogen-bond acceptors (Lipinski definition) is 3. The van der Waals surface area contributed by atoms with Crippen LogP contribution in [-0.2, 0) is 6.54 Å². The van der Waals surface area contributed by atoms with Crippen molar-refractivity contribution in [3.8, 4) is 0 Å². The molecule has 2 aliphatic rings. The second kappa shape index (κ2) is 6.78. The van der Waals surface area contributed by atoms with E-state index >= 15 is 0 Å². The van der Waals surface area contributed by atoms with Gasteiger partial charge in [-0.05, 0) is 56.1 Å². The topological polar surface area (TPSA) is 28.2 Å². The quantitative estimate of drug-likeness (QED) is 0.897. The van der Waals surface area contributed by atoms with Gasteiger partial charge in [-0.2, -0.15) is 0 Å². The Kier molecular flexibility index (Phi) is 4.79. The summed E-state index contributed by atoms with van der Waals surface area (Å²) in [5.41, 5.74) is 1.18. The monoisotopic (exact) mass is 287 g/mol. The van der Waals surface area contributed by atoms with Crippen LogP contribution in [0.1, 0.15) is 51.6 Å². The number of anilines is 1. The van der Waals surface area contributed by atoms with Crippen molar-refractivity contribution in [2.45, 2.75) is 58.5 Å². The van der Waals surface area contributed by atoms with E-state index in [-0.39, 0.29) is 0 Å². The van der Waals surface area contributed by atoms with Crippen LogP contribution >= 0.6 is 0 Å². The summed E-state index contributed by atoms with van der Waals surface area (Å²) in [6, 6.07) is 7.24. The average Bonchev–Trinajstić information content (AvgIpc) is 3.31. The van der Waals surface area contributed by atoms with Crippen LogP contribution in [0.4, 0.5) is 5.82 Å². The highest BCUT2D eigenvalue weighted by atomic mass is 15.2. The Hall–Kier alpha value is -1.09. The van der Waals surface area contributed by atoms with Gasteiger partial charge < -0.3 is 10.2 Å². The maximum atomic E-state index is 4.87. The molecule has 0 amide bonds. The number of hydrogen-bond donors (Lipinski definition) is 1. The van der Waals surface area contributed by atoms with Crippen molar-refractivity contribution in [1.29, 1.82) is 0 Å². The van der Waals surface area contributed by atoms with Crippen LogP contribution in [0.15, 0.2) is 18.2 Å². The Balaban J connectivity index is 1.61. The zero-order valence-electron chi connectivity index (χ0n) is 13.5. The molecule has 1 saturated carbocycles. The molecule has 1 atom stereocenters. The minimum Gasteiger partial charge on any atom is -0.357 e. The van der Waals surface area contributed by atoms with Crippen LogP contribution in [0, 0.1) is 11.8 Å². The molecule has 0 bridgehead atoms. The second-order valence-corrected chi connectivity index (χ2v) is 7.06. The number of rotatable bonds is 5. The van der Waals surface area contributed by atoms with Crippen molar-refractivity contribution < 1.29 is 0 Å². The minimum absolute atomic E-state index is 0.750. The largest absolute Gasteiger partial charge is 0.357 e. The summed E-state index contributed by atoms with van der Waals surface area (Å²) < 4.78 is 0. The van der Waals surface area contributed by atoms with Gasteiger partial charge in [0.15, 0.2) is 0 Å². The van der Waals surface area contributed by atoms with Gasteiger partial charge >= 0.3 is 0 Å². The lowest BCUT2D eigenvalue weighted by molar-refractivity contribution is 0.351. The Morgan fingerprint density at radius 1 is 1.19 bits per heavy atom. The smallest absolute Gasteiger partial charge is 0.128 e. The van der Waals surface area contributed by atoms with Gasteiger partial charge in [-0.15, -0.1) is 0 Å². The molecule has 2 fully saturated rings. The fourth-order valence-electron chi connectivity index (χ4n) is 3.30. The van der Waals surface area contributed by atoms with E-state index in [1.54, 1.807) is 0 Å². The van der Waals surface area contributed by atoms with Crippen molar-refractivity contribution in [2.24, 2.45) is 11.8 Å². The molecule has 3 nitrogen and oxygen atoms in total. The summed E-state index contributed by atoms with van der Waals surface area (Å²) in [6.07, 6.45) is 6.65. The highest BCUT2D eigenvalue weighted by Gasteiger charge is 2.21. The Labute approximate surface area is 129 Å². The molecule has 1 saturated heterocycles. The molecule has 1 aromatic rings. The maximum absolute atomic E-state index is 4.87. The van der Waals surface area contributed by atoms with E-state index in [0.717, 1.165) is 37.5 Å². The molecule has 116 valence electrons. The average molecular weight is 287 g/mol. The van der Waals surface area contributed by atoms with Crippen LogP contribution in [0.25, 0.3) is 0 Å². The number of nitrogens with one attached hydrogen (secondary N) is 1. The first-order valence-corrected chi connectivity index (χ1v) is 8.66. The van der Waals surface area contributed by atoms with Crippen molar-refractivity contribution in [3.05, 3.63) is 23.9 Å². The fourth-order valence-corrected chi connectivity index (χ4v) is 3.30. The predicted molar refractivity (Wildman–Crippen MR) is 88.5 cm³/mol. The molecule has 2 heterocycles. The van der Waals surface area contributed by atoms with Crippen molar-refractivity contribution >= 4 is 5.82 Å². The van der Waals surface area contributed by atoms with Crippen LogP contribution < -0.4 is 10.2 Å². The highest BCUT2D eigenvalue weighted by Crippen LogP contribution is 2.26. The number of aromatic nitrogens is 1. The van der Waals surface area contributed by atoms with Gasteiger partial charge in [0.25, 0.3) is 0 Å². The first kappa shape index (κ1) is 14.8. The molecule has 3 rings (SSSR count). The van der Waals surface area contributed by atoms with Crippen LogP contribution in [-0.4, -0.2) is 24.1 Å². The van der Waals surface area contributed by atoms with Crippen molar-refractivity contribution in [2.75, 3.05) is 18.0 Å². The lowest BCUT2D eigenvalue weighted by atomic mass is 9.89. The summed E-state index contributed by atoms with van der Waals surface area (Å²) in [6.45, 7) is 7.97. The van der Waals surface area contributed by atoms with Crippen LogP contribution in [0.2, 0.25) is 0 Å². The third kappa shape index (κ3) is 4.19. The standard InChI is InChI=1S/C18H29N3/c1-14(2)15-5-4-11-21(12-10-15)18-7-3-6-17(20-18)13-19-16-8-9-16/h3,6-7,14-16,19H,4-5,8-13H2,1-2H3. The van der Waals surface area contributed by atoms with Crippen molar-refractivity contribution in [3.63, 3.8) is 0 Å². The molecule has 1 aliphatic heterocycles. The molecule has 0 radical (unpaired) electrons.